The van der Waals surface area contributed by atoms with Crippen LogP contribution >= 0.6 is 15.9 Å². The molecule has 0 radical (unpaired) electrons. The Bertz CT molecular complexity index is 1220. The number of carbonyl (C=O) groups excluding carboxylic acids is 2. The smallest absolute Gasteiger partial charge is 0.290 e. The van der Waals surface area contributed by atoms with E-state index in [0.717, 1.165) is 4.47 Å². The van der Waals surface area contributed by atoms with Gasteiger partial charge in [0.25, 0.3) is 5.91 Å². The number of carbonyl (C=O) groups is 2. The van der Waals surface area contributed by atoms with Crippen molar-refractivity contribution in [1.29, 1.82) is 0 Å². The maximum atomic E-state index is 14.7. The number of benzene rings is 2. The molecule has 0 spiro atoms. The third kappa shape index (κ3) is 3.88. The van der Waals surface area contributed by atoms with Crippen LogP contribution in [0, 0.1) is 5.82 Å². The van der Waals surface area contributed by atoms with Gasteiger partial charge in [0.2, 0.25) is 5.78 Å². The fraction of sp³-hybridized carbons (Fsp3) is 0.217. The molecule has 160 valence electrons. The maximum absolute atomic E-state index is 14.7. The van der Waals surface area contributed by atoms with Crippen LogP contribution in [0.2, 0.25) is 0 Å². The predicted octanol–water partition coefficient (Wildman–Crippen LogP) is 4.47. The topological polar surface area (TPSA) is 74.0 Å². The summed E-state index contributed by atoms with van der Waals surface area (Å²) in [6, 6.07) is 11.7. The Kier molecular flexibility index (Phi) is 5.68. The molecule has 0 aliphatic carbocycles. The summed E-state index contributed by atoms with van der Waals surface area (Å²) in [6.45, 7) is 0.683. The van der Waals surface area contributed by atoms with Crippen LogP contribution in [0.25, 0.3) is 11.0 Å². The van der Waals surface area contributed by atoms with Gasteiger partial charge in [-0.15, -0.1) is 0 Å². The number of likely N-dealkylation sites (N-methyl/N-ethyl adjacent to an activating group) is 1. The van der Waals surface area contributed by atoms with E-state index in [9.17, 15) is 19.1 Å². The largest absolute Gasteiger partial charge is 0.503 e. The maximum Gasteiger partial charge on any atom is 0.290 e. The number of aliphatic hydroxyl groups excluding tert-OH is 1. The lowest BCUT2D eigenvalue weighted by Gasteiger charge is -2.28. The molecular weight excluding hydrogens is 467 g/mol. The van der Waals surface area contributed by atoms with E-state index in [1.807, 2.05) is 19.0 Å². The molecule has 3 aromatic rings. The molecule has 0 saturated heterocycles. The first-order chi connectivity index (χ1) is 14.8. The van der Waals surface area contributed by atoms with Gasteiger partial charge >= 0.3 is 0 Å². The molecule has 1 aromatic heterocycles. The summed E-state index contributed by atoms with van der Waals surface area (Å²) in [5.74, 6) is -2.64. The van der Waals surface area contributed by atoms with E-state index >= 15 is 0 Å². The van der Waals surface area contributed by atoms with Crippen LogP contribution in [0.15, 0.2) is 68.8 Å². The standard InChI is InChI=1S/C23H20BrFN2O4/c1-26(2)9-10-27-20(15-5-3-4-6-16(15)25)19(22(29)23(27)30)21(28)18-12-13-11-14(24)7-8-17(13)31-18/h3-8,11-12,20,29H,9-10H2,1-2H3. The Morgan fingerprint density at radius 2 is 1.97 bits per heavy atom. The molecule has 1 atom stereocenters. The van der Waals surface area contributed by atoms with Gasteiger partial charge in [0.15, 0.2) is 11.5 Å². The number of fused-ring (bicyclic) bond motifs is 1. The normalized spacial score (nSPS) is 16.7. The van der Waals surface area contributed by atoms with E-state index in [-0.39, 0.29) is 23.4 Å². The number of Topliss-reactive ketones (excluding diaryl/α,β-unsaturated/α-hetero) is 1. The van der Waals surface area contributed by atoms with Crippen LogP contribution < -0.4 is 0 Å². The molecule has 0 bridgehead atoms. The highest BCUT2D eigenvalue weighted by Crippen LogP contribution is 2.40. The van der Waals surface area contributed by atoms with Crippen molar-refractivity contribution >= 4 is 38.6 Å². The van der Waals surface area contributed by atoms with Crippen molar-refractivity contribution in [1.82, 2.24) is 9.80 Å². The zero-order chi connectivity index (χ0) is 22.3. The second-order valence-corrected chi connectivity index (χ2v) is 8.53. The third-order valence-corrected chi connectivity index (χ3v) is 5.73. The van der Waals surface area contributed by atoms with Crippen LogP contribution in [0.3, 0.4) is 0 Å². The number of amides is 1. The summed E-state index contributed by atoms with van der Waals surface area (Å²) in [4.78, 5) is 29.4. The number of rotatable bonds is 6. The molecule has 1 aliphatic rings. The van der Waals surface area contributed by atoms with Crippen LogP contribution in [-0.2, 0) is 4.79 Å². The SMILES string of the molecule is CN(C)CCN1C(=O)C(O)=C(C(=O)c2cc3cc(Br)ccc3o2)C1c1ccccc1F. The van der Waals surface area contributed by atoms with Gasteiger partial charge in [-0.25, -0.2) is 4.39 Å². The first-order valence-corrected chi connectivity index (χ1v) is 10.4. The van der Waals surface area contributed by atoms with Crippen molar-refractivity contribution in [3.8, 4) is 0 Å². The highest BCUT2D eigenvalue weighted by molar-refractivity contribution is 9.10. The van der Waals surface area contributed by atoms with Gasteiger partial charge in [0.1, 0.15) is 11.4 Å². The molecule has 31 heavy (non-hydrogen) atoms. The molecule has 2 aromatic carbocycles. The van der Waals surface area contributed by atoms with E-state index in [1.165, 1.54) is 23.1 Å². The van der Waals surface area contributed by atoms with Crippen molar-refractivity contribution in [2.24, 2.45) is 0 Å². The average molecular weight is 487 g/mol. The third-order valence-electron chi connectivity index (χ3n) is 5.24. The molecule has 0 saturated carbocycles. The van der Waals surface area contributed by atoms with Gasteiger partial charge in [0.05, 0.1) is 11.6 Å². The van der Waals surface area contributed by atoms with Crippen LogP contribution in [0.5, 0.6) is 0 Å². The minimum absolute atomic E-state index is 0.0294. The number of furan rings is 1. The molecule has 2 heterocycles. The van der Waals surface area contributed by atoms with Crippen molar-refractivity contribution in [3.63, 3.8) is 0 Å². The van der Waals surface area contributed by atoms with Crippen molar-refractivity contribution < 1.29 is 23.5 Å². The molecule has 6 nitrogen and oxygen atoms in total. The number of nitrogens with zero attached hydrogens (tertiary/aromatic N) is 2. The molecule has 1 N–H and O–H groups in total. The van der Waals surface area contributed by atoms with Gasteiger partial charge in [0, 0.05) is 28.5 Å². The summed E-state index contributed by atoms with van der Waals surface area (Å²) < 4.78 is 21.2. The van der Waals surface area contributed by atoms with Crippen molar-refractivity contribution in [2.75, 3.05) is 27.2 Å². The minimum Gasteiger partial charge on any atom is -0.503 e. The molecule has 1 aliphatic heterocycles. The Balaban J connectivity index is 1.81. The quantitative estimate of drug-likeness (QED) is 0.520. The predicted molar refractivity (Wildman–Crippen MR) is 117 cm³/mol. The van der Waals surface area contributed by atoms with Crippen molar-refractivity contribution in [2.45, 2.75) is 6.04 Å². The van der Waals surface area contributed by atoms with E-state index in [4.69, 9.17) is 4.42 Å². The first-order valence-electron chi connectivity index (χ1n) is 9.65. The van der Waals surface area contributed by atoms with Crippen LogP contribution in [0.4, 0.5) is 4.39 Å². The average Bonchev–Trinajstić information content (AvgIpc) is 3.25. The Morgan fingerprint density at radius 3 is 2.68 bits per heavy atom. The van der Waals surface area contributed by atoms with E-state index in [0.29, 0.717) is 17.5 Å². The number of ketones is 1. The van der Waals surface area contributed by atoms with E-state index in [2.05, 4.69) is 15.9 Å². The van der Waals surface area contributed by atoms with E-state index in [1.54, 1.807) is 30.3 Å². The van der Waals surface area contributed by atoms with Gasteiger partial charge in [-0.05, 0) is 44.4 Å². The second-order valence-electron chi connectivity index (χ2n) is 7.61. The van der Waals surface area contributed by atoms with Crippen LogP contribution in [-0.4, -0.2) is 53.8 Å². The van der Waals surface area contributed by atoms with Gasteiger partial charge < -0.3 is 19.3 Å². The molecule has 1 unspecified atom stereocenters. The van der Waals surface area contributed by atoms with Crippen molar-refractivity contribution in [3.05, 3.63) is 81.5 Å². The van der Waals surface area contributed by atoms with Gasteiger partial charge in [-0.1, -0.05) is 34.1 Å². The monoisotopic (exact) mass is 486 g/mol. The summed E-state index contributed by atoms with van der Waals surface area (Å²) in [7, 11) is 3.68. The van der Waals surface area contributed by atoms with Gasteiger partial charge in [-0.3, -0.25) is 9.59 Å². The van der Waals surface area contributed by atoms with Gasteiger partial charge in [-0.2, -0.15) is 0 Å². The lowest BCUT2D eigenvalue weighted by Crippen LogP contribution is -2.37. The minimum atomic E-state index is -1.05. The zero-order valence-electron chi connectivity index (χ0n) is 16.9. The summed E-state index contributed by atoms with van der Waals surface area (Å²) in [5, 5.41) is 11.3. The van der Waals surface area contributed by atoms with Crippen LogP contribution in [0.1, 0.15) is 22.2 Å². The lowest BCUT2D eigenvalue weighted by molar-refractivity contribution is -0.129. The Morgan fingerprint density at radius 1 is 1.23 bits per heavy atom. The lowest BCUT2D eigenvalue weighted by atomic mass is 9.94. The Hall–Kier alpha value is -2.97. The summed E-state index contributed by atoms with van der Waals surface area (Å²) in [5.41, 5.74) is 0.440. The highest BCUT2D eigenvalue weighted by atomic mass is 79.9. The molecule has 8 heteroatoms. The summed E-state index contributed by atoms with van der Waals surface area (Å²) in [6.07, 6.45) is 0. The fourth-order valence-electron chi connectivity index (χ4n) is 3.70. The fourth-order valence-corrected chi connectivity index (χ4v) is 4.08. The number of halogens is 2. The highest BCUT2D eigenvalue weighted by Gasteiger charge is 2.45. The first kappa shape index (κ1) is 21.3. The van der Waals surface area contributed by atoms with E-state index < -0.39 is 29.3 Å². The molecular formula is C23H20BrFN2O4. The zero-order valence-corrected chi connectivity index (χ0v) is 18.5. The number of hydrogen-bond donors (Lipinski definition) is 1. The molecule has 1 amide bonds. The second kappa shape index (κ2) is 8.28. The number of hydrogen-bond acceptors (Lipinski definition) is 5. The Labute approximate surface area is 186 Å². The molecule has 0 fully saturated rings. The molecule has 4 rings (SSSR count). The number of aliphatic hydroxyl groups is 1. The summed E-state index contributed by atoms with van der Waals surface area (Å²) >= 11 is 3.37.